The van der Waals surface area contributed by atoms with Gasteiger partial charge in [0.05, 0.1) is 10.6 Å². The van der Waals surface area contributed by atoms with Crippen molar-refractivity contribution in [3.63, 3.8) is 0 Å². The quantitative estimate of drug-likeness (QED) is 0.577. The zero-order valence-corrected chi connectivity index (χ0v) is 18.6. The molecule has 0 fully saturated rings. The Morgan fingerprint density at radius 2 is 1.47 bits per heavy atom. The number of amides is 1. The molecule has 3 aromatic carbocycles. The van der Waals surface area contributed by atoms with E-state index in [4.69, 9.17) is 11.6 Å². The van der Waals surface area contributed by atoms with E-state index in [1.54, 1.807) is 49.4 Å². The van der Waals surface area contributed by atoms with E-state index in [0.717, 1.165) is 15.4 Å². The molecule has 5 nitrogen and oxygen atoms in total. The summed E-state index contributed by atoms with van der Waals surface area (Å²) < 4.78 is 28.0. The Morgan fingerprint density at radius 3 is 2.07 bits per heavy atom. The lowest BCUT2D eigenvalue weighted by atomic mass is 10.2. The topological polar surface area (TPSA) is 66.5 Å². The third-order valence-corrected chi connectivity index (χ3v) is 6.68. The van der Waals surface area contributed by atoms with Crippen molar-refractivity contribution < 1.29 is 13.2 Å². The summed E-state index contributed by atoms with van der Waals surface area (Å²) in [6.45, 7) is 5.22. The monoisotopic (exact) mass is 442 g/mol. The molecule has 3 rings (SSSR count). The van der Waals surface area contributed by atoms with Gasteiger partial charge in [-0.25, -0.2) is 8.42 Å². The van der Waals surface area contributed by atoms with Crippen molar-refractivity contribution >= 4 is 38.9 Å². The summed E-state index contributed by atoms with van der Waals surface area (Å²) in [5, 5.41) is 3.15. The number of carbonyl (C=O) groups is 1. The summed E-state index contributed by atoms with van der Waals surface area (Å²) in [4.78, 5) is 12.9. The van der Waals surface area contributed by atoms with Crippen LogP contribution in [0.2, 0.25) is 5.02 Å². The molecule has 0 saturated carbocycles. The van der Waals surface area contributed by atoms with E-state index in [0.29, 0.717) is 22.0 Å². The standard InChI is InChI=1S/C23H23ClN2O3S/c1-16-4-10-20(11-5-16)25-23(27)15-26(22-14-19(24)9-8-18(22)3)30(28,29)21-12-6-17(2)7-13-21/h4-14H,15H2,1-3H3,(H,25,27). The van der Waals surface area contributed by atoms with Gasteiger partial charge in [-0.3, -0.25) is 9.10 Å². The molecule has 0 saturated heterocycles. The average Bonchev–Trinajstić information content (AvgIpc) is 2.70. The summed E-state index contributed by atoms with van der Waals surface area (Å²) in [6, 6.07) is 18.8. The molecule has 1 N–H and O–H groups in total. The number of sulfonamides is 1. The van der Waals surface area contributed by atoms with Gasteiger partial charge in [0.25, 0.3) is 10.0 Å². The Bertz CT molecular complexity index is 1160. The highest BCUT2D eigenvalue weighted by Crippen LogP contribution is 2.29. The lowest BCUT2D eigenvalue weighted by molar-refractivity contribution is -0.114. The fourth-order valence-electron chi connectivity index (χ4n) is 2.96. The molecule has 0 radical (unpaired) electrons. The van der Waals surface area contributed by atoms with Crippen molar-refractivity contribution in [3.8, 4) is 0 Å². The van der Waals surface area contributed by atoms with Gasteiger partial charge < -0.3 is 5.32 Å². The molecular weight excluding hydrogens is 420 g/mol. The predicted molar refractivity (Wildman–Crippen MR) is 122 cm³/mol. The number of hydrogen-bond donors (Lipinski definition) is 1. The Balaban J connectivity index is 1.99. The number of aryl methyl sites for hydroxylation is 3. The Morgan fingerprint density at radius 1 is 0.900 bits per heavy atom. The molecule has 0 aliphatic rings. The van der Waals surface area contributed by atoms with Gasteiger partial charge in [-0.05, 0) is 62.7 Å². The van der Waals surface area contributed by atoms with Crippen molar-refractivity contribution in [1.82, 2.24) is 0 Å². The van der Waals surface area contributed by atoms with Crippen LogP contribution in [0.1, 0.15) is 16.7 Å². The van der Waals surface area contributed by atoms with Crippen LogP contribution in [0, 0.1) is 20.8 Å². The number of nitrogens with zero attached hydrogens (tertiary/aromatic N) is 1. The van der Waals surface area contributed by atoms with Crippen molar-refractivity contribution in [2.45, 2.75) is 25.7 Å². The van der Waals surface area contributed by atoms with Crippen LogP contribution in [-0.4, -0.2) is 20.9 Å². The van der Waals surface area contributed by atoms with E-state index in [2.05, 4.69) is 5.32 Å². The number of carbonyl (C=O) groups excluding carboxylic acids is 1. The average molecular weight is 443 g/mol. The zero-order valence-electron chi connectivity index (χ0n) is 17.0. The maximum atomic E-state index is 13.4. The SMILES string of the molecule is Cc1ccc(NC(=O)CN(c2cc(Cl)ccc2C)S(=O)(=O)c2ccc(C)cc2)cc1. The largest absolute Gasteiger partial charge is 0.325 e. The van der Waals surface area contributed by atoms with Gasteiger partial charge in [0.1, 0.15) is 6.54 Å². The molecule has 0 unspecified atom stereocenters. The summed E-state index contributed by atoms with van der Waals surface area (Å²) >= 11 is 6.14. The molecule has 0 heterocycles. The van der Waals surface area contributed by atoms with Crippen LogP contribution in [-0.2, 0) is 14.8 Å². The number of nitrogens with one attached hydrogen (secondary N) is 1. The summed E-state index contributed by atoms with van der Waals surface area (Å²) in [7, 11) is -3.99. The maximum Gasteiger partial charge on any atom is 0.264 e. The lowest BCUT2D eigenvalue weighted by Gasteiger charge is -2.26. The predicted octanol–water partition coefficient (Wildman–Crippen LogP) is 5.10. The molecule has 156 valence electrons. The summed E-state index contributed by atoms with van der Waals surface area (Å²) in [5.41, 5.74) is 3.66. The van der Waals surface area contributed by atoms with Crippen molar-refractivity contribution in [1.29, 1.82) is 0 Å². The van der Waals surface area contributed by atoms with Gasteiger partial charge in [0.2, 0.25) is 5.91 Å². The number of rotatable bonds is 6. The van der Waals surface area contributed by atoms with Crippen molar-refractivity contribution in [2.24, 2.45) is 0 Å². The second-order valence-electron chi connectivity index (χ2n) is 7.17. The molecule has 0 aliphatic heterocycles. The molecule has 0 aromatic heterocycles. The van der Waals surface area contributed by atoms with Gasteiger partial charge in [0.15, 0.2) is 0 Å². The van der Waals surface area contributed by atoms with E-state index in [-0.39, 0.29) is 11.4 Å². The number of anilines is 2. The second kappa shape index (κ2) is 8.90. The number of benzene rings is 3. The first-order valence-electron chi connectivity index (χ1n) is 9.39. The molecule has 0 atom stereocenters. The Labute approximate surface area is 182 Å². The van der Waals surface area contributed by atoms with Gasteiger partial charge >= 0.3 is 0 Å². The molecule has 0 bridgehead atoms. The van der Waals surface area contributed by atoms with Gasteiger partial charge in [-0.1, -0.05) is 53.1 Å². The summed E-state index contributed by atoms with van der Waals surface area (Å²) in [6.07, 6.45) is 0. The van der Waals surface area contributed by atoms with E-state index in [1.165, 1.54) is 12.1 Å². The fourth-order valence-corrected chi connectivity index (χ4v) is 4.60. The molecule has 1 amide bonds. The zero-order chi connectivity index (χ0) is 21.9. The summed E-state index contributed by atoms with van der Waals surface area (Å²) in [5.74, 6) is -0.450. The molecule has 0 aliphatic carbocycles. The first-order valence-corrected chi connectivity index (χ1v) is 11.2. The van der Waals surface area contributed by atoms with Crippen LogP contribution >= 0.6 is 11.6 Å². The molecule has 3 aromatic rings. The first-order chi connectivity index (χ1) is 14.2. The fraction of sp³-hybridized carbons (Fsp3) is 0.174. The number of halogens is 1. The van der Waals surface area contributed by atoms with Crippen LogP contribution in [0.4, 0.5) is 11.4 Å². The Kier molecular flexibility index (Phi) is 6.48. The maximum absolute atomic E-state index is 13.4. The number of hydrogen-bond acceptors (Lipinski definition) is 3. The van der Waals surface area contributed by atoms with Crippen molar-refractivity contribution in [3.05, 3.63) is 88.4 Å². The van der Waals surface area contributed by atoms with Crippen LogP contribution in [0.15, 0.2) is 71.6 Å². The van der Waals surface area contributed by atoms with E-state index < -0.39 is 15.9 Å². The van der Waals surface area contributed by atoms with Crippen LogP contribution in [0.25, 0.3) is 0 Å². The van der Waals surface area contributed by atoms with E-state index >= 15 is 0 Å². The minimum atomic E-state index is -3.99. The molecule has 7 heteroatoms. The van der Waals surface area contributed by atoms with Crippen LogP contribution in [0.5, 0.6) is 0 Å². The molecular formula is C23H23ClN2O3S. The highest BCUT2D eigenvalue weighted by atomic mass is 35.5. The van der Waals surface area contributed by atoms with Gasteiger partial charge in [-0.15, -0.1) is 0 Å². The Hall–Kier alpha value is -2.83. The third-order valence-electron chi connectivity index (χ3n) is 4.67. The normalized spacial score (nSPS) is 11.2. The highest BCUT2D eigenvalue weighted by Gasteiger charge is 2.28. The van der Waals surface area contributed by atoms with Gasteiger partial charge in [0, 0.05) is 10.7 Å². The molecule has 30 heavy (non-hydrogen) atoms. The van der Waals surface area contributed by atoms with E-state index in [1.807, 2.05) is 26.0 Å². The smallest absolute Gasteiger partial charge is 0.264 e. The lowest BCUT2D eigenvalue weighted by Crippen LogP contribution is -2.38. The minimum absolute atomic E-state index is 0.107. The minimum Gasteiger partial charge on any atom is -0.325 e. The third kappa shape index (κ3) is 5.01. The first kappa shape index (κ1) is 21.9. The van der Waals surface area contributed by atoms with Crippen LogP contribution in [0.3, 0.4) is 0 Å². The van der Waals surface area contributed by atoms with E-state index in [9.17, 15) is 13.2 Å². The highest BCUT2D eigenvalue weighted by molar-refractivity contribution is 7.92. The van der Waals surface area contributed by atoms with Crippen LogP contribution < -0.4 is 9.62 Å². The second-order valence-corrected chi connectivity index (χ2v) is 9.47. The van der Waals surface area contributed by atoms with Gasteiger partial charge in [-0.2, -0.15) is 0 Å². The molecule has 0 spiro atoms. The van der Waals surface area contributed by atoms with Crippen molar-refractivity contribution in [2.75, 3.05) is 16.2 Å².